The summed E-state index contributed by atoms with van der Waals surface area (Å²) in [5.74, 6) is -0.242. The first-order valence-corrected chi connectivity index (χ1v) is 8.69. The molecule has 1 aromatic heterocycles. The van der Waals surface area contributed by atoms with Crippen LogP contribution in [0.2, 0.25) is 0 Å². The van der Waals surface area contributed by atoms with Gasteiger partial charge in [-0.2, -0.15) is 0 Å². The van der Waals surface area contributed by atoms with Gasteiger partial charge in [0.25, 0.3) is 0 Å². The SMILES string of the molecule is COC(=O)N1CCc2ccc(Br)cc2C1C(=O)NCc1cccnc1. The van der Waals surface area contributed by atoms with Crippen LogP contribution in [0.4, 0.5) is 4.79 Å². The highest BCUT2D eigenvalue weighted by Crippen LogP contribution is 2.32. The fourth-order valence-corrected chi connectivity index (χ4v) is 3.35. The van der Waals surface area contributed by atoms with Crippen LogP contribution in [0.3, 0.4) is 0 Å². The first-order valence-electron chi connectivity index (χ1n) is 7.89. The number of halogens is 1. The second kappa shape index (κ2) is 7.65. The minimum absolute atomic E-state index is 0.242. The molecule has 1 aliphatic rings. The average molecular weight is 404 g/mol. The first-order chi connectivity index (χ1) is 12.1. The van der Waals surface area contributed by atoms with Crippen molar-refractivity contribution in [1.29, 1.82) is 0 Å². The first kappa shape index (κ1) is 17.4. The van der Waals surface area contributed by atoms with E-state index >= 15 is 0 Å². The van der Waals surface area contributed by atoms with Gasteiger partial charge in [0.05, 0.1) is 7.11 Å². The molecule has 0 radical (unpaired) electrons. The lowest BCUT2D eigenvalue weighted by Gasteiger charge is -2.35. The molecule has 1 atom stereocenters. The van der Waals surface area contributed by atoms with Crippen molar-refractivity contribution in [2.45, 2.75) is 19.0 Å². The van der Waals surface area contributed by atoms with E-state index in [2.05, 4.69) is 26.2 Å². The number of nitrogens with one attached hydrogen (secondary N) is 1. The molecule has 25 heavy (non-hydrogen) atoms. The van der Waals surface area contributed by atoms with E-state index in [0.717, 1.165) is 21.2 Å². The van der Waals surface area contributed by atoms with E-state index in [1.54, 1.807) is 12.4 Å². The smallest absolute Gasteiger partial charge is 0.410 e. The van der Waals surface area contributed by atoms with Crippen molar-refractivity contribution in [3.8, 4) is 0 Å². The lowest BCUT2D eigenvalue weighted by molar-refractivity contribution is -0.126. The number of ether oxygens (including phenoxy) is 1. The molecule has 130 valence electrons. The molecule has 6 nitrogen and oxygen atoms in total. The molecule has 1 unspecified atom stereocenters. The van der Waals surface area contributed by atoms with Gasteiger partial charge < -0.3 is 10.1 Å². The number of benzene rings is 1. The van der Waals surface area contributed by atoms with Gasteiger partial charge in [0.15, 0.2) is 0 Å². The van der Waals surface area contributed by atoms with Gasteiger partial charge in [0, 0.05) is 30.0 Å². The van der Waals surface area contributed by atoms with E-state index in [1.165, 1.54) is 12.0 Å². The highest BCUT2D eigenvalue weighted by molar-refractivity contribution is 9.10. The summed E-state index contributed by atoms with van der Waals surface area (Å²) in [6, 6.07) is 8.79. The van der Waals surface area contributed by atoms with Crippen LogP contribution < -0.4 is 5.32 Å². The Hall–Kier alpha value is -2.41. The van der Waals surface area contributed by atoms with Crippen LogP contribution in [-0.4, -0.2) is 35.5 Å². The maximum absolute atomic E-state index is 12.9. The number of nitrogens with zero attached hydrogens (tertiary/aromatic N) is 2. The molecule has 1 N–H and O–H groups in total. The van der Waals surface area contributed by atoms with Crippen molar-refractivity contribution in [2.24, 2.45) is 0 Å². The molecule has 1 aliphatic heterocycles. The summed E-state index contributed by atoms with van der Waals surface area (Å²) in [6.07, 6.45) is 3.56. The largest absolute Gasteiger partial charge is 0.453 e. The van der Waals surface area contributed by atoms with Gasteiger partial charge in [0.1, 0.15) is 6.04 Å². The number of methoxy groups -OCH3 is 1. The Bertz CT molecular complexity index is 782. The van der Waals surface area contributed by atoms with Crippen molar-refractivity contribution in [3.63, 3.8) is 0 Å². The molecule has 7 heteroatoms. The number of hydrogen-bond acceptors (Lipinski definition) is 4. The monoisotopic (exact) mass is 403 g/mol. The summed E-state index contributed by atoms with van der Waals surface area (Å²) >= 11 is 3.44. The fourth-order valence-electron chi connectivity index (χ4n) is 2.97. The maximum Gasteiger partial charge on any atom is 0.410 e. The van der Waals surface area contributed by atoms with E-state index in [9.17, 15) is 9.59 Å². The van der Waals surface area contributed by atoms with Crippen LogP contribution in [-0.2, 0) is 22.5 Å². The Kier molecular flexibility index (Phi) is 5.33. The van der Waals surface area contributed by atoms with Crippen molar-refractivity contribution in [3.05, 3.63) is 63.9 Å². The topological polar surface area (TPSA) is 71.5 Å². The van der Waals surface area contributed by atoms with Crippen LogP contribution in [0.5, 0.6) is 0 Å². The molecule has 0 saturated heterocycles. The summed E-state index contributed by atoms with van der Waals surface area (Å²) in [7, 11) is 1.32. The molecule has 0 saturated carbocycles. The van der Waals surface area contributed by atoms with E-state index in [1.807, 2.05) is 30.3 Å². The van der Waals surface area contributed by atoms with Gasteiger partial charge in [-0.15, -0.1) is 0 Å². The van der Waals surface area contributed by atoms with Crippen molar-refractivity contribution in [2.75, 3.05) is 13.7 Å². The van der Waals surface area contributed by atoms with Crippen LogP contribution in [0.1, 0.15) is 22.7 Å². The van der Waals surface area contributed by atoms with E-state index in [0.29, 0.717) is 19.5 Å². The molecule has 1 aromatic carbocycles. The van der Waals surface area contributed by atoms with Gasteiger partial charge in [-0.1, -0.05) is 28.1 Å². The predicted molar refractivity (Wildman–Crippen MR) is 95.8 cm³/mol. The second-order valence-electron chi connectivity index (χ2n) is 5.74. The van der Waals surface area contributed by atoms with Gasteiger partial charge in [0.2, 0.25) is 5.91 Å². The van der Waals surface area contributed by atoms with Crippen molar-refractivity contribution in [1.82, 2.24) is 15.2 Å². The van der Waals surface area contributed by atoms with Crippen LogP contribution in [0, 0.1) is 0 Å². The summed E-state index contributed by atoms with van der Waals surface area (Å²) < 4.78 is 5.73. The van der Waals surface area contributed by atoms with E-state index < -0.39 is 12.1 Å². The second-order valence-corrected chi connectivity index (χ2v) is 6.65. The number of aromatic nitrogens is 1. The number of hydrogen-bond donors (Lipinski definition) is 1. The van der Waals surface area contributed by atoms with Crippen LogP contribution >= 0.6 is 15.9 Å². The normalized spacial score (nSPS) is 16.1. The van der Waals surface area contributed by atoms with Crippen molar-refractivity contribution < 1.29 is 14.3 Å². The molecule has 3 rings (SSSR count). The minimum Gasteiger partial charge on any atom is -0.453 e. The maximum atomic E-state index is 12.9. The third kappa shape index (κ3) is 3.82. The van der Waals surface area contributed by atoms with E-state index in [-0.39, 0.29) is 5.91 Å². The number of pyridine rings is 1. The molecule has 2 aromatic rings. The fraction of sp³-hybridized carbons (Fsp3) is 0.278. The molecule has 0 bridgehead atoms. The quantitative estimate of drug-likeness (QED) is 0.854. The summed E-state index contributed by atoms with van der Waals surface area (Å²) in [5, 5.41) is 2.89. The molecular formula is C18H18BrN3O3. The molecule has 0 aliphatic carbocycles. The summed E-state index contributed by atoms with van der Waals surface area (Å²) in [4.78, 5) is 30.5. The Balaban J connectivity index is 1.87. The Morgan fingerprint density at radius 3 is 2.96 bits per heavy atom. The Morgan fingerprint density at radius 2 is 2.24 bits per heavy atom. The highest BCUT2D eigenvalue weighted by atomic mass is 79.9. The highest BCUT2D eigenvalue weighted by Gasteiger charge is 2.36. The van der Waals surface area contributed by atoms with Crippen LogP contribution in [0.25, 0.3) is 0 Å². The number of amides is 2. The lowest BCUT2D eigenvalue weighted by atomic mass is 9.92. The standard InChI is InChI=1S/C18H18BrN3O3/c1-25-18(24)22-8-6-13-4-5-14(19)9-15(13)16(22)17(23)21-11-12-3-2-7-20-10-12/h2-5,7,9-10,16H,6,8,11H2,1H3,(H,21,23). The zero-order valence-corrected chi connectivity index (χ0v) is 15.3. The molecule has 2 amide bonds. The Labute approximate surface area is 154 Å². The zero-order valence-electron chi connectivity index (χ0n) is 13.7. The number of carbonyl (C=O) groups excluding carboxylic acids is 2. The van der Waals surface area contributed by atoms with Crippen LogP contribution in [0.15, 0.2) is 47.2 Å². The lowest BCUT2D eigenvalue weighted by Crippen LogP contribution is -2.47. The average Bonchev–Trinajstić information content (AvgIpc) is 2.65. The zero-order chi connectivity index (χ0) is 17.8. The third-order valence-electron chi connectivity index (χ3n) is 4.18. The number of fused-ring (bicyclic) bond motifs is 1. The third-order valence-corrected chi connectivity index (χ3v) is 4.68. The summed E-state index contributed by atoms with van der Waals surface area (Å²) in [5.41, 5.74) is 2.77. The summed E-state index contributed by atoms with van der Waals surface area (Å²) in [6.45, 7) is 0.786. The number of carbonyl (C=O) groups is 2. The Morgan fingerprint density at radius 1 is 1.40 bits per heavy atom. The van der Waals surface area contributed by atoms with Gasteiger partial charge in [-0.3, -0.25) is 14.7 Å². The molecule has 0 spiro atoms. The minimum atomic E-state index is -0.717. The van der Waals surface area contributed by atoms with Gasteiger partial charge in [-0.25, -0.2) is 4.79 Å². The molecular weight excluding hydrogens is 386 g/mol. The van der Waals surface area contributed by atoms with E-state index in [4.69, 9.17) is 4.74 Å². The van der Waals surface area contributed by atoms with Crippen molar-refractivity contribution >= 4 is 27.9 Å². The molecule has 2 heterocycles. The number of rotatable bonds is 3. The van der Waals surface area contributed by atoms with Gasteiger partial charge >= 0.3 is 6.09 Å². The van der Waals surface area contributed by atoms with Gasteiger partial charge in [-0.05, 0) is 41.3 Å². The molecule has 0 fully saturated rings. The predicted octanol–water partition coefficient (Wildman–Crippen LogP) is 2.83.